The molecule has 1 atom stereocenters. The summed E-state index contributed by atoms with van der Waals surface area (Å²) in [4.78, 5) is 0. The molecule has 0 bridgehead atoms. The van der Waals surface area contributed by atoms with Gasteiger partial charge in [0.25, 0.3) is 0 Å². The lowest BCUT2D eigenvalue weighted by molar-refractivity contribution is -0.135. The van der Waals surface area contributed by atoms with E-state index in [0.29, 0.717) is 6.42 Å². The molecule has 0 amide bonds. The third kappa shape index (κ3) is 7.96. The summed E-state index contributed by atoms with van der Waals surface area (Å²) < 4.78 is 35.9. The molecule has 1 aliphatic carbocycles. The molecule has 108 valence electrons. The van der Waals surface area contributed by atoms with Crippen LogP contribution in [0.1, 0.15) is 64.7 Å². The van der Waals surface area contributed by atoms with Crippen molar-refractivity contribution in [3.63, 3.8) is 0 Å². The van der Waals surface area contributed by atoms with Gasteiger partial charge in [-0.05, 0) is 38.6 Å². The molecule has 1 nitrogen and oxygen atoms in total. The Hall–Kier alpha value is -0.250. The van der Waals surface area contributed by atoms with Crippen LogP contribution in [0.3, 0.4) is 0 Å². The molecule has 1 N–H and O–H groups in total. The first-order chi connectivity index (χ1) is 8.47. The highest BCUT2D eigenvalue weighted by Gasteiger charge is 2.26. The fraction of sp³-hybridized carbons (Fsp3) is 1.00. The van der Waals surface area contributed by atoms with Crippen molar-refractivity contribution in [2.75, 3.05) is 6.54 Å². The van der Waals surface area contributed by atoms with Crippen molar-refractivity contribution in [1.29, 1.82) is 0 Å². The van der Waals surface area contributed by atoms with Crippen molar-refractivity contribution in [2.45, 2.75) is 76.9 Å². The average molecular weight is 265 g/mol. The molecule has 4 heteroatoms. The molecule has 1 fully saturated rings. The minimum absolute atomic E-state index is 0.205. The smallest absolute Gasteiger partial charge is 0.314 e. The molecule has 1 aliphatic rings. The fourth-order valence-electron chi connectivity index (χ4n) is 2.72. The standard InChI is InChI=1S/C14H26F3N/c1-12(6-5-10-14(15,16)17)18-11-9-13-7-3-2-4-8-13/h12-13,18H,2-11H2,1H3. The van der Waals surface area contributed by atoms with Crippen LogP contribution in [0.2, 0.25) is 0 Å². The molecule has 0 saturated heterocycles. The molecule has 0 radical (unpaired) electrons. The summed E-state index contributed by atoms with van der Waals surface area (Å²) in [7, 11) is 0. The van der Waals surface area contributed by atoms with E-state index in [4.69, 9.17) is 0 Å². The van der Waals surface area contributed by atoms with Crippen LogP contribution in [-0.4, -0.2) is 18.8 Å². The van der Waals surface area contributed by atoms with Gasteiger partial charge in [-0.25, -0.2) is 0 Å². The maximum Gasteiger partial charge on any atom is 0.389 e. The summed E-state index contributed by atoms with van der Waals surface area (Å²) in [6.07, 6.45) is 4.14. The quantitative estimate of drug-likeness (QED) is 0.705. The Morgan fingerprint density at radius 3 is 2.44 bits per heavy atom. The first-order valence-electron chi connectivity index (χ1n) is 7.27. The van der Waals surface area contributed by atoms with Crippen LogP contribution < -0.4 is 5.32 Å². The number of halogens is 3. The van der Waals surface area contributed by atoms with Crippen LogP contribution >= 0.6 is 0 Å². The van der Waals surface area contributed by atoms with Crippen LogP contribution in [0.5, 0.6) is 0 Å². The maximum absolute atomic E-state index is 12.0. The summed E-state index contributed by atoms with van der Waals surface area (Å²) in [5.74, 6) is 0.841. The molecule has 18 heavy (non-hydrogen) atoms. The van der Waals surface area contributed by atoms with Gasteiger partial charge in [0.2, 0.25) is 0 Å². The van der Waals surface area contributed by atoms with Gasteiger partial charge in [0.15, 0.2) is 0 Å². The maximum atomic E-state index is 12.0. The van der Waals surface area contributed by atoms with Crippen molar-refractivity contribution in [2.24, 2.45) is 5.92 Å². The van der Waals surface area contributed by atoms with Gasteiger partial charge in [0.05, 0.1) is 0 Å². The predicted molar refractivity (Wildman–Crippen MR) is 68.6 cm³/mol. The van der Waals surface area contributed by atoms with Crippen LogP contribution in [0.25, 0.3) is 0 Å². The first kappa shape index (κ1) is 15.8. The van der Waals surface area contributed by atoms with E-state index in [-0.39, 0.29) is 12.5 Å². The van der Waals surface area contributed by atoms with Crippen LogP contribution in [0, 0.1) is 5.92 Å². The van der Waals surface area contributed by atoms with Crippen LogP contribution in [0.15, 0.2) is 0 Å². The van der Waals surface area contributed by atoms with E-state index in [1.807, 2.05) is 6.92 Å². The molecule has 1 rings (SSSR count). The molecular weight excluding hydrogens is 239 g/mol. The van der Waals surface area contributed by atoms with Crippen LogP contribution in [-0.2, 0) is 0 Å². The van der Waals surface area contributed by atoms with Gasteiger partial charge in [-0.1, -0.05) is 32.1 Å². The lowest BCUT2D eigenvalue weighted by Crippen LogP contribution is -2.28. The second-order valence-electron chi connectivity index (χ2n) is 5.66. The average Bonchev–Trinajstić information content (AvgIpc) is 2.28. The molecule has 0 spiro atoms. The van der Waals surface area contributed by atoms with Gasteiger partial charge in [0.1, 0.15) is 0 Å². The Labute approximate surface area is 109 Å². The molecule has 0 aliphatic heterocycles. The summed E-state index contributed by atoms with van der Waals surface area (Å²) in [5, 5.41) is 3.35. The Bertz CT molecular complexity index is 210. The SMILES string of the molecule is CC(CCCC(F)(F)F)NCCC1CCCCC1. The third-order valence-electron chi connectivity index (χ3n) is 3.87. The van der Waals surface area contributed by atoms with E-state index in [1.165, 1.54) is 38.5 Å². The van der Waals surface area contributed by atoms with Gasteiger partial charge in [0, 0.05) is 12.5 Å². The van der Waals surface area contributed by atoms with E-state index in [2.05, 4.69) is 5.32 Å². The zero-order chi connectivity index (χ0) is 13.4. The van der Waals surface area contributed by atoms with Crippen molar-refractivity contribution >= 4 is 0 Å². The van der Waals surface area contributed by atoms with E-state index in [1.54, 1.807) is 0 Å². The zero-order valence-electron chi connectivity index (χ0n) is 11.4. The molecule has 0 aromatic heterocycles. The Morgan fingerprint density at radius 2 is 1.83 bits per heavy atom. The highest BCUT2D eigenvalue weighted by molar-refractivity contribution is 4.69. The second-order valence-corrected chi connectivity index (χ2v) is 5.66. The predicted octanol–water partition coefficient (Wildman–Crippen LogP) is 4.67. The van der Waals surface area contributed by atoms with Gasteiger partial charge >= 0.3 is 6.18 Å². The largest absolute Gasteiger partial charge is 0.389 e. The highest BCUT2D eigenvalue weighted by Crippen LogP contribution is 2.26. The van der Waals surface area contributed by atoms with Crippen molar-refractivity contribution < 1.29 is 13.2 Å². The number of rotatable bonds is 7. The lowest BCUT2D eigenvalue weighted by atomic mass is 9.87. The summed E-state index contributed by atoms with van der Waals surface area (Å²) in [6, 6.07) is 0.205. The van der Waals surface area contributed by atoms with E-state index >= 15 is 0 Å². The Kier molecular flexibility index (Phi) is 7.05. The van der Waals surface area contributed by atoms with Gasteiger partial charge in [-0.2, -0.15) is 13.2 Å². The molecule has 1 unspecified atom stereocenters. The first-order valence-corrected chi connectivity index (χ1v) is 7.27. The minimum atomic E-state index is -4.00. The van der Waals surface area contributed by atoms with E-state index < -0.39 is 12.6 Å². The summed E-state index contributed by atoms with van der Waals surface area (Å²) in [6.45, 7) is 2.94. The monoisotopic (exact) mass is 265 g/mol. The fourth-order valence-corrected chi connectivity index (χ4v) is 2.72. The van der Waals surface area contributed by atoms with Gasteiger partial charge < -0.3 is 5.32 Å². The highest BCUT2D eigenvalue weighted by atomic mass is 19.4. The number of hydrogen-bond acceptors (Lipinski definition) is 1. The van der Waals surface area contributed by atoms with Crippen molar-refractivity contribution in [3.05, 3.63) is 0 Å². The van der Waals surface area contributed by atoms with Crippen LogP contribution in [0.4, 0.5) is 13.2 Å². The second kappa shape index (κ2) is 8.03. The van der Waals surface area contributed by atoms with Crippen molar-refractivity contribution in [3.8, 4) is 0 Å². The minimum Gasteiger partial charge on any atom is -0.314 e. The molecule has 1 saturated carbocycles. The normalized spacial score (nSPS) is 20.0. The molecular formula is C14H26F3N. The van der Waals surface area contributed by atoms with Crippen molar-refractivity contribution in [1.82, 2.24) is 5.32 Å². The molecule has 0 aromatic carbocycles. The third-order valence-corrected chi connectivity index (χ3v) is 3.87. The zero-order valence-corrected chi connectivity index (χ0v) is 11.4. The van der Waals surface area contributed by atoms with Gasteiger partial charge in [-0.3, -0.25) is 0 Å². The number of hydrogen-bond donors (Lipinski definition) is 1. The van der Waals surface area contributed by atoms with E-state index in [9.17, 15) is 13.2 Å². The Balaban J connectivity index is 1.97. The Morgan fingerprint density at radius 1 is 1.17 bits per heavy atom. The topological polar surface area (TPSA) is 12.0 Å². The number of nitrogens with one attached hydrogen (secondary N) is 1. The molecule has 0 aromatic rings. The van der Waals surface area contributed by atoms with Gasteiger partial charge in [-0.15, -0.1) is 0 Å². The summed E-state index contributed by atoms with van der Waals surface area (Å²) >= 11 is 0. The summed E-state index contributed by atoms with van der Waals surface area (Å²) in [5.41, 5.74) is 0. The van der Waals surface area contributed by atoms with E-state index in [0.717, 1.165) is 12.5 Å². The lowest BCUT2D eigenvalue weighted by Gasteiger charge is -2.22. The number of alkyl halides is 3. The molecule has 0 heterocycles.